The van der Waals surface area contributed by atoms with Crippen LogP contribution >= 0.6 is 0 Å². The number of nitrogens with one attached hydrogen (secondary N) is 1. The van der Waals surface area contributed by atoms with E-state index in [4.69, 9.17) is 0 Å². The second kappa shape index (κ2) is 2.89. The lowest BCUT2D eigenvalue weighted by Crippen LogP contribution is -2.41. The molecular formula is C7H6N2O5S. The Bertz CT molecular complexity index is 492. The molecule has 0 aliphatic carbocycles. The van der Waals surface area contributed by atoms with Crippen molar-refractivity contribution < 1.29 is 22.8 Å². The average Bonchev–Trinajstić information content (AvgIpc) is 2.56. The van der Waals surface area contributed by atoms with Gasteiger partial charge in [-0.2, -0.15) is 0 Å². The Balaban J connectivity index is 2.27. The van der Waals surface area contributed by atoms with E-state index in [0.717, 1.165) is 5.41 Å². The summed E-state index contributed by atoms with van der Waals surface area (Å²) in [6, 6.07) is -1.76. The third-order valence-corrected chi connectivity index (χ3v) is 3.47. The average molecular weight is 230 g/mol. The molecule has 2 aliphatic rings. The minimum atomic E-state index is -3.36. The number of sulfone groups is 1. The van der Waals surface area contributed by atoms with E-state index in [2.05, 4.69) is 0 Å². The van der Waals surface area contributed by atoms with Crippen LogP contribution in [0.3, 0.4) is 0 Å². The molecule has 0 saturated carbocycles. The summed E-state index contributed by atoms with van der Waals surface area (Å²) in [7, 11) is -3.36. The van der Waals surface area contributed by atoms with Crippen LogP contribution in [0.4, 0.5) is 4.79 Å². The molecule has 0 radical (unpaired) electrons. The highest BCUT2D eigenvalue weighted by atomic mass is 32.2. The zero-order chi connectivity index (χ0) is 11.2. The van der Waals surface area contributed by atoms with Crippen LogP contribution in [0.1, 0.15) is 0 Å². The van der Waals surface area contributed by atoms with Crippen LogP contribution in [0.25, 0.3) is 0 Å². The topological polar surface area (TPSA) is 101 Å². The first-order chi connectivity index (χ1) is 6.91. The Labute approximate surface area is 84.6 Å². The summed E-state index contributed by atoms with van der Waals surface area (Å²) in [5.41, 5.74) is 0. The van der Waals surface area contributed by atoms with Crippen molar-refractivity contribution in [2.75, 3.05) is 5.75 Å². The summed E-state index contributed by atoms with van der Waals surface area (Å²) in [6.45, 7) is 0. The van der Waals surface area contributed by atoms with Crippen molar-refractivity contribution in [3.8, 4) is 0 Å². The first kappa shape index (κ1) is 9.84. The highest BCUT2D eigenvalue weighted by molar-refractivity contribution is 7.94. The van der Waals surface area contributed by atoms with Gasteiger partial charge >= 0.3 is 17.8 Å². The number of nitrogens with zero attached hydrogens (tertiary/aromatic N) is 1. The number of hydrogen-bond donors (Lipinski definition) is 1. The fourth-order valence-electron chi connectivity index (χ4n) is 1.43. The van der Waals surface area contributed by atoms with Crippen molar-refractivity contribution >= 4 is 27.7 Å². The maximum atomic E-state index is 11.2. The Kier molecular flexibility index (Phi) is 1.90. The molecule has 2 heterocycles. The molecule has 1 saturated heterocycles. The normalized spacial score (nSPS) is 28.7. The van der Waals surface area contributed by atoms with E-state index >= 15 is 0 Å². The van der Waals surface area contributed by atoms with Crippen LogP contribution in [0.15, 0.2) is 11.5 Å². The summed E-state index contributed by atoms with van der Waals surface area (Å²) in [5.74, 6) is -2.41. The molecule has 8 heteroatoms. The lowest BCUT2D eigenvalue weighted by molar-refractivity contribution is -0.140. The zero-order valence-electron chi connectivity index (χ0n) is 7.34. The lowest BCUT2D eigenvalue weighted by atomic mass is 10.3. The smallest absolute Gasteiger partial charge is 0.269 e. The minimum Gasteiger partial charge on any atom is -0.269 e. The minimum absolute atomic E-state index is 0.362. The molecule has 0 aromatic rings. The molecule has 80 valence electrons. The van der Waals surface area contributed by atoms with Crippen LogP contribution in [0, 0.1) is 0 Å². The quantitative estimate of drug-likeness (QED) is 0.431. The van der Waals surface area contributed by atoms with E-state index in [1.165, 1.54) is 6.08 Å². The standard InChI is InChI=1S/C7H6N2O5S/c10-5-6(11)9(7(12)8-5)4-1-2-15(13,14)3-4/h1-2,4H,3H2,(H,8,10,12). The van der Waals surface area contributed by atoms with E-state index in [9.17, 15) is 22.8 Å². The third kappa shape index (κ3) is 1.52. The van der Waals surface area contributed by atoms with E-state index in [0.29, 0.717) is 4.90 Å². The molecule has 2 aliphatic heterocycles. The van der Waals surface area contributed by atoms with Crippen LogP contribution < -0.4 is 5.32 Å². The van der Waals surface area contributed by atoms with Crippen molar-refractivity contribution in [2.24, 2.45) is 0 Å². The molecule has 0 aromatic carbocycles. The van der Waals surface area contributed by atoms with Gasteiger partial charge < -0.3 is 0 Å². The predicted octanol–water partition coefficient (Wildman–Crippen LogP) is -1.62. The summed E-state index contributed by atoms with van der Waals surface area (Å²) >= 11 is 0. The zero-order valence-corrected chi connectivity index (χ0v) is 8.15. The molecule has 15 heavy (non-hydrogen) atoms. The fourth-order valence-corrected chi connectivity index (χ4v) is 2.70. The fraction of sp³-hybridized carbons (Fsp3) is 0.286. The van der Waals surface area contributed by atoms with Gasteiger partial charge in [0.1, 0.15) is 0 Å². The maximum Gasteiger partial charge on any atom is 0.332 e. The SMILES string of the molecule is O=C1NC(=O)N(C2C=CS(=O)(=O)C2)C1=O. The number of amides is 4. The molecule has 1 fully saturated rings. The summed E-state index contributed by atoms with van der Waals surface area (Å²) in [6.07, 6.45) is 1.21. The van der Waals surface area contributed by atoms with Gasteiger partial charge in [-0.1, -0.05) is 0 Å². The number of urea groups is 1. The molecule has 7 nitrogen and oxygen atoms in total. The van der Waals surface area contributed by atoms with Gasteiger partial charge in [0.05, 0.1) is 11.8 Å². The van der Waals surface area contributed by atoms with Crippen LogP contribution in [0.2, 0.25) is 0 Å². The Morgan fingerprint density at radius 1 is 1.33 bits per heavy atom. The van der Waals surface area contributed by atoms with E-state index in [1.807, 2.05) is 0 Å². The summed E-state index contributed by atoms with van der Waals surface area (Å²) < 4.78 is 22.1. The first-order valence-electron chi connectivity index (χ1n) is 4.00. The van der Waals surface area contributed by atoms with Gasteiger partial charge in [0.15, 0.2) is 9.84 Å². The van der Waals surface area contributed by atoms with Crippen molar-refractivity contribution in [2.45, 2.75) is 6.04 Å². The number of hydrogen-bond acceptors (Lipinski definition) is 5. The van der Waals surface area contributed by atoms with E-state index < -0.39 is 33.7 Å². The van der Waals surface area contributed by atoms with Crippen molar-refractivity contribution in [1.29, 1.82) is 0 Å². The van der Waals surface area contributed by atoms with Gasteiger partial charge in [-0.05, 0) is 6.08 Å². The number of carbonyl (C=O) groups excluding carboxylic acids is 3. The van der Waals surface area contributed by atoms with Crippen molar-refractivity contribution in [3.63, 3.8) is 0 Å². The predicted molar refractivity (Wildman–Crippen MR) is 47.1 cm³/mol. The Morgan fingerprint density at radius 3 is 2.40 bits per heavy atom. The van der Waals surface area contributed by atoms with Gasteiger partial charge in [-0.15, -0.1) is 0 Å². The largest absolute Gasteiger partial charge is 0.332 e. The van der Waals surface area contributed by atoms with Crippen molar-refractivity contribution in [3.05, 3.63) is 11.5 Å². The third-order valence-electron chi connectivity index (χ3n) is 2.10. The van der Waals surface area contributed by atoms with Gasteiger partial charge in [0.25, 0.3) is 0 Å². The van der Waals surface area contributed by atoms with Gasteiger partial charge in [-0.3, -0.25) is 14.9 Å². The molecular weight excluding hydrogens is 224 g/mol. The van der Waals surface area contributed by atoms with Gasteiger partial charge in [-0.25, -0.2) is 18.1 Å². The molecule has 2 rings (SSSR count). The molecule has 0 bridgehead atoms. The van der Waals surface area contributed by atoms with Gasteiger partial charge in [0, 0.05) is 5.41 Å². The van der Waals surface area contributed by atoms with Crippen LogP contribution in [-0.2, 0) is 19.4 Å². The molecule has 0 spiro atoms. The Hall–Kier alpha value is -1.70. The highest BCUT2D eigenvalue weighted by Gasteiger charge is 2.43. The number of imide groups is 2. The van der Waals surface area contributed by atoms with Gasteiger partial charge in [0.2, 0.25) is 0 Å². The second-order valence-corrected chi connectivity index (χ2v) is 5.09. The molecule has 0 aromatic heterocycles. The summed E-state index contributed by atoms with van der Waals surface area (Å²) in [5, 5.41) is 2.72. The molecule has 1 atom stereocenters. The molecule has 1 N–H and O–H groups in total. The molecule has 4 amide bonds. The van der Waals surface area contributed by atoms with Crippen LogP contribution in [0.5, 0.6) is 0 Å². The monoisotopic (exact) mass is 230 g/mol. The number of rotatable bonds is 1. The van der Waals surface area contributed by atoms with E-state index in [-0.39, 0.29) is 5.75 Å². The first-order valence-corrected chi connectivity index (χ1v) is 5.72. The lowest BCUT2D eigenvalue weighted by Gasteiger charge is -2.16. The summed E-state index contributed by atoms with van der Waals surface area (Å²) in [4.78, 5) is 33.7. The maximum absolute atomic E-state index is 11.2. The van der Waals surface area contributed by atoms with Crippen LogP contribution in [-0.4, -0.2) is 43.0 Å². The molecule has 1 unspecified atom stereocenters. The van der Waals surface area contributed by atoms with Crippen molar-refractivity contribution in [1.82, 2.24) is 10.2 Å². The second-order valence-electron chi connectivity index (χ2n) is 3.16. The Morgan fingerprint density at radius 2 is 2.00 bits per heavy atom. The highest BCUT2D eigenvalue weighted by Crippen LogP contribution is 2.17. The van der Waals surface area contributed by atoms with E-state index in [1.54, 1.807) is 5.32 Å². The number of carbonyl (C=O) groups is 3.